The number of hydrogen-bond acceptors (Lipinski definition) is 2. The minimum absolute atomic E-state index is 0.0572. The fourth-order valence-corrected chi connectivity index (χ4v) is 3.02. The van der Waals surface area contributed by atoms with E-state index in [4.69, 9.17) is 5.73 Å². The maximum atomic E-state index is 12.7. The molecule has 0 amide bonds. The molecule has 3 nitrogen and oxygen atoms in total. The quantitative estimate of drug-likeness (QED) is 0.305. The number of fused-ring (bicyclic) bond motifs is 2. The average molecular weight is 324 g/mol. The predicted octanol–water partition coefficient (Wildman–Crippen LogP) is 3.67. The molecule has 2 N–H and O–H groups in total. The van der Waals surface area contributed by atoms with Crippen LogP contribution in [0.15, 0.2) is 71.5 Å². The number of benzene rings is 3. The number of para-hydroxylation sites is 1. The maximum absolute atomic E-state index is 12.7. The summed E-state index contributed by atoms with van der Waals surface area (Å²) < 4.78 is 2.04. The lowest BCUT2D eigenvalue weighted by Crippen LogP contribution is -2.09. The van der Waals surface area contributed by atoms with E-state index in [1.54, 1.807) is 0 Å². The van der Waals surface area contributed by atoms with Crippen molar-refractivity contribution < 1.29 is 0 Å². The molecule has 0 atom stereocenters. The second kappa shape index (κ2) is 5.85. The number of rotatable bonds is 0. The highest BCUT2D eigenvalue weighted by Crippen LogP contribution is 2.19. The molecule has 0 radical (unpaired) electrons. The van der Waals surface area contributed by atoms with Crippen LogP contribution in [0.5, 0.6) is 0 Å². The highest BCUT2D eigenvalue weighted by Gasteiger charge is 2.08. The molecule has 3 heteroatoms. The molecule has 4 aromatic rings. The first-order valence-electron chi connectivity index (χ1n) is 8.02. The summed E-state index contributed by atoms with van der Waals surface area (Å²) in [4.78, 5) is 12.7. The van der Waals surface area contributed by atoms with Gasteiger partial charge in [0.1, 0.15) is 0 Å². The molecule has 0 aliphatic rings. The number of nitrogens with zero attached hydrogens (tertiary/aromatic N) is 1. The molecule has 3 aromatic carbocycles. The van der Waals surface area contributed by atoms with E-state index in [1.165, 1.54) is 0 Å². The van der Waals surface area contributed by atoms with E-state index in [-0.39, 0.29) is 5.43 Å². The van der Waals surface area contributed by atoms with Gasteiger partial charge in [0.25, 0.3) is 0 Å². The molecule has 0 fully saturated rings. The standard InChI is InChI=1S/C22H16N2O/c1-24-20-5-3-2-4-18(20)22(25)19-13-10-16(14-21(19)24)7-6-15-8-11-17(23)12-9-15/h2-5,8-14H,23H2,1H3. The van der Waals surface area contributed by atoms with Crippen LogP contribution in [-0.4, -0.2) is 4.57 Å². The third-order valence-corrected chi connectivity index (χ3v) is 4.38. The number of aryl methyl sites for hydroxylation is 1. The van der Waals surface area contributed by atoms with Crippen molar-refractivity contribution in [2.45, 2.75) is 0 Å². The van der Waals surface area contributed by atoms with Crippen LogP contribution in [-0.2, 0) is 7.05 Å². The van der Waals surface area contributed by atoms with Gasteiger partial charge in [-0.2, -0.15) is 0 Å². The van der Waals surface area contributed by atoms with E-state index in [1.807, 2.05) is 78.3 Å². The second-order valence-corrected chi connectivity index (χ2v) is 6.01. The number of aromatic nitrogens is 1. The van der Waals surface area contributed by atoms with Gasteiger partial charge in [0.05, 0.1) is 11.0 Å². The van der Waals surface area contributed by atoms with Gasteiger partial charge in [-0.05, 0) is 54.6 Å². The Hall–Kier alpha value is -3.51. The summed E-state index contributed by atoms with van der Waals surface area (Å²) in [6.07, 6.45) is 0. The molecule has 0 saturated carbocycles. The largest absolute Gasteiger partial charge is 0.399 e. The lowest BCUT2D eigenvalue weighted by atomic mass is 10.1. The summed E-state index contributed by atoms with van der Waals surface area (Å²) >= 11 is 0. The van der Waals surface area contributed by atoms with Gasteiger partial charge in [0.2, 0.25) is 0 Å². The maximum Gasteiger partial charge on any atom is 0.197 e. The summed E-state index contributed by atoms with van der Waals surface area (Å²) in [5.41, 5.74) is 10.0. The van der Waals surface area contributed by atoms with Crippen LogP contribution in [0.2, 0.25) is 0 Å². The number of pyridine rings is 1. The first kappa shape index (κ1) is 15.0. The van der Waals surface area contributed by atoms with Crippen molar-refractivity contribution in [1.29, 1.82) is 0 Å². The number of nitrogen functional groups attached to an aromatic ring is 1. The summed E-state index contributed by atoms with van der Waals surface area (Å²) in [6.45, 7) is 0. The number of hydrogen-bond donors (Lipinski definition) is 1. The van der Waals surface area contributed by atoms with E-state index in [9.17, 15) is 4.79 Å². The Morgan fingerprint density at radius 1 is 0.800 bits per heavy atom. The zero-order valence-corrected chi connectivity index (χ0v) is 13.8. The van der Waals surface area contributed by atoms with Crippen molar-refractivity contribution in [3.05, 3.63) is 88.1 Å². The smallest absolute Gasteiger partial charge is 0.197 e. The predicted molar refractivity (Wildman–Crippen MR) is 104 cm³/mol. The Labute approximate surface area is 145 Å². The van der Waals surface area contributed by atoms with Gasteiger partial charge in [-0.25, -0.2) is 0 Å². The first-order chi connectivity index (χ1) is 12.1. The second-order valence-electron chi connectivity index (χ2n) is 6.01. The van der Waals surface area contributed by atoms with Crippen LogP contribution in [0.4, 0.5) is 5.69 Å². The number of nitrogens with two attached hydrogens (primary N) is 1. The zero-order valence-electron chi connectivity index (χ0n) is 13.8. The van der Waals surface area contributed by atoms with Crippen molar-refractivity contribution in [3.63, 3.8) is 0 Å². The summed E-state index contributed by atoms with van der Waals surface area (Å²) in [5, 5.41) is 1.44. The molecule has 4 rings (SSSR count). The molecule has 0 spiro atoms. The van der Waals surface area contributed by atoms with Crippen LogP contribution in [0.3, 0.4) is 0 Å². The highest BCUT2D eigenvalue weighted by molar-refractivity contribution is 5.93. The van der Waals surface area contributed by atoms with Gasteiger partial charge in [-0.3, -0.25) is 4.79 Å². The minimum Gasteiger partial charge on any atom is -0.399 e. The van der Waals surface area contributed by atoms with Crippen molar-refractivity contribution >= 4 is 27.5 Å². The molecular weight excluding hydrogens is 308 g/mol. The molecular formula is C22H16N2O. The lowest BCUT2D eigenvalue weighted by molar-refractivity contribution is 1.00. The average Bonchev–Trinajstić information content (AvgIpc) is 2.65. The van der Waals surface area contributed by atoms with Gasteiger partial charge in [-0.1, -0.05) is 24.0 Å². The molecule has 0 aliphatic heterocycles. The van der Waals surface area contributed by atoms with Crippen molar-refractivity contribution in [2.24, 2.45) is 7.05 Å². The lowest BCUT2D eigenvalue weighted by Gasteiger charge is -2.10. The van der Waals surface area contributed by atoms with Crippen molar-refractivity contribution in [3.8, 4) is 11.8 Å². The molecule has 120 valence electrons. The van der Waals surface area contributed by atoms with Gasteiger partial charge >= 0.3 is 0 Å². The monoisotopic (exact) mass is 324 g/mol. The van der Waals surface area contributed by atoms with Crippen LogP contribution < -0.4 is 11.2 Å². The third-order valence-electron chi connectivity index (χ3n) is 4.38. The van der Waals surface area contributed by atoms with Crippen LogP contribution in [0.25, 0.3) is 21.8 Å². The fourth-order valence-electron chi connectivity index (χ4n) is 3.02. The highest BCUT2D eigenvalue weighted by atomic mass is 16.1. The Kier molecular flexibility index (Phi) is 3.52. The minimum atomic E-state index is 0.0572. The summed E-state index contributed by atoms with van der Waals surface area (Å²) in [6, 6.07) is 20.8. The van der Waals surface area contributed by atoms with E-state index < -0.39 is 0 Å². The van der Waals surface area contributed by atoms with E-state index in [2.05, 4.69) is 11.8 Å². The summed E-state index contributed by atoms with van der Waals surface area (Å²) in [7, 11) is 1.97. The SMILES string of the molecule is Cn1c2ccccc2c(=O)c2ccc(C#Cc3ccc(N)cc3)cc21. The Balaban J connectivity index is 1.88. The Morgan fingerprint density at radius 2 is 1.44 bits per heavy atom. The van der Waals surface area contributed by atoms with Crippen LogP contribution >= 0.6 is 0 Å². The molecule has 0 saturated heterocycles. The normalized spacial score (nSPS) is 10.6. The first-order valence-corrected chi connectivity index (χ1v) is 8.02. The Bertz CT molecular complexity index is 1220. The van der Waals surface area contributed by atoms with Gasteiger partial charge in [-0.15, -0.1) is 0 Å². The van der Waals surface area contributed by atoms with E-state index in [0.29, 0.717) is 5.39 Å². The van der Waals surface area contributed by atoms with E-state index in [0.717, 1.165) is 33.2 Å². The van der Waals surface area contributed by atoms with Gasteiger partial charge < -0.3 is 10.3 Å². The van der Waals surface area contributed by atoms with Gasteiger partial charge in [0, 0.05) is 34.6 Å². The zero-order chi connectivity index (χ0) is 17.4. The van der Waals surface area contributed by atoms with Crippen molar-refractivity contribution in [2.75, 3.05) is 5.73 Å². The van der Waals surface area contributed by atoms with Gasteiger partial charge in [0.15, 0.2) is 5.43 Å². The molecule has 0 unspecified atom stereocenters. The van der Waals surface area contributed by atoms with Crippen molar-refractivity contribution in [1.82, 2.24) is 4.57 Å². The molecule has 1 aromatic heterocycles. The van der Waals surface area contributed by atoms with E-state index >= 15 is 0 Å². The molecule has 0 bridgehead atoms. The number of anilines is 1. The third kappa shape index (κ3) is 2.64. The molecule has 0 aliphatic carbocycles. The van der Waals surface area contributed by atoms with Crippen LogP contribution in [0.1, 0.15) is 11.1 Å². The van der Waals surface area contributed by atoms with Crippen LogP contribution in [0, 0.1) is 11.8 Å². The Morgan fingerprint density at radius 3 is 2.24 bits per heavy atom. The molecule has 25 heavy (non-hydrogen) atoms. The topological polar surface area (TPSA) is 48.0 Å². The summed E-state index contributed by atoms with van der Waals surface area (Å²) in [5.74, 6) is 6.29. The fraction of sp³-hybridized carbons (Fsp3) is 0.0455. The molecule has 1 heterocycles.